The van der Waals surface area contributed by atoms with E-state index in [-0.39, 0.29) is 11.9 Å². The third kappa shape index (κ3) is 3.82. The van der Waals surface area contributed by atoms with E-state index in [1.165, 1.54) is 11.6 Å². The van der Waals surface area contributed by atoms with Crippen LogP contribution in [0.5, 0.6) is 5.75 Å². The highest BCUT2D eigenvalue weighted by atomic mass is 19.1. The van der Waals surface area contributed by atoms with Crippen LogP contribution in [0.3, 0.4) is 0 Å². The predicted molar refractivity (Wildman–Crippen MR) is 83.9 cm³/mol. The van der Waals surface area contributed by atoms with Crippen LogP contribution in [0, 0.1) is 5.82 Å². The predicted octanol–water partition coefficient (Wildman–Crippen LogP) is 4.42. The molecule has 0 fully saturated rings. The van der Waals surface area contributed by atoms with Crippen molar-refractivity contribution in [2.75, 3.05) is 0 Å². The number of hydrogen-bond acceptors (Lipinski definition) is 2. The van der Waals surface area contributed by atoms with Gasteiger partial charge in [-0.2, -0.15) is 0 Å². The molecule has 0 bridgehead atoms. The first kappa shape index (κ1) is 15.5. The Labute approximate surface area is 125 Å². The van der Waals surface area contributed by atoms with Gasteiger partial charge in [0.25, 0.3) is 0 Å². The molecule has 3 heteroatoms. The summed E-state index contributed by atoms with van der Waals surface area (Å²) in [6.45, 7) is 6.07. The van der Waals surface area contributed by atoms with Gasteiger partial charge in [0.05, 0.1) is 0 Å². The highest BCUT2D eigenvalue weighted by molar-refractivity contribution is 5.32. The zero-order valence-electron chi connectivity index (χ0n) is 12.7. The van der Waals surface area contributed by atoms with Gasteiger partial charge < -0.3 is 10.5 Å². The summed E-state index contributed by atoms with van der Waals surface area (Å²) in [4.78, 5) is 0. The molecule has 2 rings (SSSR count). The maximum absolute atomic E-state index is 14.0. The second-order valence-corrected chi connectivity index (χ2v) is 5.65. The van der Waals surface area contributed by atoms with Crippen LogP contribution in [-0.2, 0) is 0 Å². The minimum Gasteiger partial charge on any atom is -0.484 e. The quantitative estimate of drug-likeness (QED) is 0.883. The van der Waals surface area contributed by atoms with Gasteiger partial charge in [0, 0.05) is 11.6 Å². The summed E-state index contributed by atoms with van der Waals surface area (Å²) in [6.07, 6.45) is -0.506. The Balaban J connectivity index is 2.29. The molecule has 2 unspecified atom stereocenters. The van der Waals surface area contributed by atoms with Crippen LogP contribution in [-0.4, -0.2) is 6.04 Å². The van der Waals surface area contributed by atoms with Crippen molar-refractivity contribution in [1.29, 1.82) is 0 Å². The average molecular weight is 287 g/mol. The van der Waals surface area contributed by atoms with Crippen molar-refractivity contribution >= 4 is 0 Å². The van der Waals surface area contributed by atoms with E-state index >= 15 is 0 Å². The van der Waals surface area contributed by atoms with Gasteiger partial charge in [-0.05, 0) is 36.6 Å². The molecule has 0 aliphatic heterocycles. The Hall–Kier alpha value is -1.87. The number of nitrogens with two attached hydrogens (primary N) is 1. The van der Waals surface area contributed by atoms with Crippen molar-refractivity contribution in [3.63, 3.8) is 0 Å². The van der Waals surface area contributed by atoms with E-state index in [0.717, 1.165) is 0 Å². The molecule has 21 heavy (non-hydrogen) atoms. The molecular formula is C18H22FNO. The molecule has 0 saturated heterocycles. The van der Waals surface area contributed by atoms with Gasteiger partial charge in [-0.1, -0.05) is 44.2 Å². The lowest BCUT2D eigenvalue weighted by Crippen LogP contribution is -2.29. The van der Waals surface area contributed by atoms with Crippen molar-refractivity contribution in [3.05, 3.63) is 65.5 Å². The molecule has 2 aromatic rings. The monoisotopic (exact) mass is 287 g/mol. The van der Waals surface area contributed by atoms with Gasteiger partial charge in [-0.15, -0.1) is 0 Å². The molecule has 0 aliphatic carbocycles. The van der Waals surface area contributed by atoms with Crippen LogP contribution in [0.25, 0.3) is 0 Å². The average Bonchev–Trinajstić information content (AvgIpc) is 2.45. The lowest BCUT2D eigenvalue weighted by atomic mass is 10.0. The van der Waals surface area contributed by atoms with Crippen molar-refractivity contribution in [2.45, 2.75) is 38.8 Å². The largest absolute Gasteiger partial charge is 0.484 e. The summed E-state index contributed by atoms with van der Waals surface area (Å²) in [5, 5.41) is 0. The Morgan fingerprint density at radius 2 is 1.71 bits per heavy atom. The van der Waals surface area contributed by atoms with E-state index < -0.39 is 6.10 Å². The lowest BCUT2D eigenvalue weighted by Gasteiger charge is -2.24. The Bertz CT molecular complexity index is 595. The highest BCUT2D eigenvalue weighted by Gasteiger charge is 2.21. The number of benzene rings is 2. The standard InChI is InChI=1S/C18H22FNO/c1-12(2)14-7-6-8-15(11-14)21-18(13(3)20)16-9-4-5-10-17(16)19/h4-13,18H,20H2,1-3H3. The molecule has 0 heterocycles. The van der Waals surface area contributed by atoms with E-state index in [0.29, 0.717) is 17.2 Å². The number of ether oxygens (including phenoxy) is 1. The maximum atomic E-state index is 14.0. The minimum absolute atomic E-state index is 0.292. The molecule has 2 N–H and O–H groups in total. The molecule has 2 aromatic carbocycles. The zero-order chi connectivity index (χ0) is 15.4. The van der Waals surface area contributed by atoms with E-state index in [1.807, 2.05) is 25.1 Å². The third-order valence-corrected chi connectivity index (χ3v) is 3.48. The van der Waals surface area contributed by atoms with Crippen LogP contribution in [0.15, 0.2) is 48.5 Å². The van der Waals surface area contributed by atoms with E-state index in [1.54, 1.807) is 18.2 Å². The Kier molecular flexibility index (Phi) is 4.97. The van der Waals surface area contributed by atoms with Gasteiger partial charge in [0.2, 0.25) is 0 Å². The van der Waals surface area contributed by atoms with E-state index in [4.69, 9.17) is 10.5 Å². The Morgan fingerprint density at radius 3 is 2.33 bits per heavy atom. The Morgan fingerprint density at radius 1 is 1.00 bits per heavy atom. The topological polar surface area (TPSA) is 35.2 Å². The summed E-state index contributed by atoms with van der Waals surface area (Å²) < 4.78 is 19.9. The van der Waals surface area contributed by atoms with Crippen LogP contribution >= 0.6 is 0 Å². The summed E-state index contributed by atoms with van der Waals surface area (Å²) in [6, 6.07) is 14.2. The van der Waals surface area contributed by atoms with Crippen LogP contribution in [0.1, 0.15) is 43.9 Å². The van der Waals surface area contributed by atoms with Crippen LogP contribution < -0.4 is 10.5 Å². The summed E-state index contributed by atoms with van der Waals surface area (Å²) in [7, 11) is 0. The second kappa shape index (κ2) is 6.72. The third-order valence-electron chi connectivity index (χ3n) is 3.48. The van der Waals surface area contributed by atoms with Gasteiger partial charge in [-0.3, -0.25) is 0 Å². The first-order chi connectivity index (χ1) is 9.99. The zero-order valence-corrected chi connectivity index (χ0v) is 12.7. The second-order valence-electron chi connectivity index (χ2n) is 5.65. The molecule has 0 aliphatic rings. The molecule has 112 valence electrons. The molecule has 0 amide bonds. The normalized spacial score (nSPS) is 14.0. The molecule has 0 spiro atoms. The summed E-state index contributed by atoms with van der Waals surface area (Å²) in [5.41, 5.74) is 7.66. The molecule has 2 nitrogen and oxygen atoms in total. The number of hydrogen-bond donors (Lipinski definition) is 1. The van der Waals surface area contributed by atoms with E-state index in [2.05, 4.69) is 19.9 Å². The first-order valence-corrected chi connectivity index (χ1v) is 7.25. The molecule has 0 saturated carbocycles. The SMILES string of the molecule is CC(C)c1cccc(OC(c2ccccc2F)C(C)N)c1. The van der Waals surface area contributed by atoms with Crippen molar-refractivity contribution < 1.29 is 9.13 Å². The fourth-order valence-corrected chi connectivity index (χ4v) is 2.25. The van der Waals surface area contributed by atoms with Gasteiger partial charge in [0.1, 0.15) is 17.7 Å². The molecular weight excluding hydrogens is 265 g/mol. The minimum atomic E-state index is -0.506. The van der Waals surface area contributed by atoms with Crippen molar-refractivity contribution in [3.8, 4) is 5.75 Å². The fourth-order valence-electron chi connectivity index (χ4n) is 2.25. The summed E-state index contributed by atoms with van der Waals surface area (Å²) >= 11 is 0. The summed E-state index contributed by atoms with van der Waals surface area (Å²) in [5.74, 6) is 0.835. The van der Waals surface area contributed by atoms with Gasteiger partial charge in [-0.25, -0.2) is 4.39 Å². The number of halogens is 1. The smallest absolute Gasteiger partial charge is 0.141 e. The molecule has 2 atom stereocenters. The van der Waals surface area contributed by atoms with Gasteiger partial charge >= 0.3 is 0 Å². The van der Waals surface area contributed by atoms with E-state index in [9.17, 15) is 4.39 Å². The molecule has 0 radical (unpaired) electrons. The maximum Gasteiger partial charge on any atom is 0.141 e. The fraction of sp³-hybridized carbons (Fsp3) is 0.333. The van der Waals surface area contributed by atoms with Crippen LogP contribution in [0.4, 0.5) is 4.39 Å². The number of rotatable bonds is 5. The molecule has 0 aromatic heterocycles. The lowest BCUT2D eigenvalue weighted by molar-refractivity contribution is 0.175. The van der Waals surface area contributed by atoms with Crippen molar-refractivity contribution in [1.82, 2.24) is 0 Å². The first-order valence-electron chi connectivity index (χ1n) is 7.25. The highest BCUT2D eigenvalue weighted by Crippen LogP contribution is 2.28. The van der Waals surface area contributed by atoms with Crippen LogP contribution in [0.2, 0.25) is 0 Å². The van der Waals surface area contributed by atoms with Gasteiger partial charge in [0.15, 0.2) is 0 Å². The van der Waals surface area contributed by atoms with Crippen molar-refractivity contribution in [2.24, 2.45) is 5.73 Å².